The first-order valence-corrected chi connectivity index (χ1v) is 7.14. The molecule has 1 unspecified atom stereocenters. The van der Waals surface area contributed by atoms with Crippen LogP contribution in [0.5, 0.6) is 0 Å². The highest BCUT2D eigenvalue weighted by atomic mass is 16.7. The highest BCUT2D eigenvalue weighted by molar-refractivity contribution is 4.63. The summed E-state index contributed by atoms with van der Waals surface area (Å²) in [6.45, 7) is 10.3. The van der Waals surface area contributed by atoms with Gasteiger partial charge in [0.2, 0.25) is 0 Å². The lowest BCUT2D eigenvalue weighted by Crippen LogP contribution is -2.34. The minimum absolute atomic E-state index is 0.0803. The third-order valence-electron chi connectivity index (χ3n) is 2.69. The van der Waals surface area contributed by atoms with Crippen molar-refractivity contribution in [3.05, 3.63) is 0 Å². The van der Waals surface area contributed by atoms with Crippen molar-refractivity contribution >= 4 is 0 Å². The van der Waals surface area contributed by atoms with E-state index in [2.05, 4.69) is 6.92 Å². The molecule has 0 radical (unpaired) electrons. The zero-order chi connectivity index (χ0) is 12.9. The monoisotopic (exact) mass is 246 g/mol. The molecule has 0 heterocycles. The van der Waals surface area contributed by atoms with Crippen LogP contribution in [0.3, 0.4) is 0 Å². The van der Waals surface area contributed by atoms with Crippen molar-refractivity contribution in [2.45, 2.75) is 72.2 Å². The normalized spacial score (nSPS) is 13.2. The number of rotatable bonds is 12. The Morgan fingerprint density at radius 2 is 1.29 bits per heavy atom. The summed E-state index contributed by atoms with van der Waals surface area (Å²) in [6, 6.07) is 0. The summed E-state index contributed by atoms with van der Waals surface area (Å²) in [5.74, 6) is 0. The third kappa shape index (κ3) is 8.58. The zero-order valence-corrected chi connectivity index (χ0v) is 12.0. The van der Waals surface area contributed by atoms with Crippen LogP contribution in [-0.4, -0.2) is 32.2 Å². The summed E-state index contributed by atoms with van der Waals surface area (Å²) >= 11 is 0. The summed E-state index contributed by atoms with van der Waals surface area (Å²) < 4.78 is 17.0. The molecule has 0 aromatic carbocycles. The fraction of sp³-hybridized carbons (Fsp3) is 1.00. The third-order valence-corrected chi connectivity index (χ3v) is 2.69. The van der Waals surface area contributed by atoms with E-state index in [0.717, 1.165) is 13.0 Å². The molecule has 0 aliphatic carbocycles. The Labute approximate surface area is 107 Å². The predicted molar refractivity (Wildman–Crippen MR) is 71.2 cm³/mol. The van der Waals surface area contributed by atoms with Crippen LogP contribution in [0.4, 0.5) is 0 Å². The minimum Gasteiger partial charge on any atom is -0.373 e. The molecule has 0 aliphatic rings. The van der Waals surface area contributed by atoms with Gasteiger partial charge in [0.05, 0.1) is 0 Å². The Balaban J connectivity index is 4.04. The molecule has 0 bridgehead atoms. The number of ether oxygens (including phenoxy) is 3. The van der Waals surface area contributed by atoms with Gasteiger partial charge in [-0.2, -0.15) is 0 Å². The molecule has 1 atom stereocenters. The predicted octanol–water partition coefficient (Wildman–Crippen LogP) is 3.76. The highest BCUT2D eigenvalue weighted by Gasteiger charge is 2.22. The second-order valence-electron chi connectivity index (χ2n) is 4.12. The molecule has 104 valence electrons. The van der Waals surface area contributed by atoms with Gasteiger partial charge in [-0.25, -0.2) is 0 Å². The standard InChI is InChI=1S/C14H30O3/c1-5-9-10-11-12-13(15-6-2)14(16-7-3)17-8-4/h13-14H,5-12H2,1-4H3. The maximum Gasteiger partial charge on any atom is 0.183 e. The fourth-order valence-corrected chi connectivity index (χ4v) is 1.88. The second kappa shape index (κ2) is 12.3. The number of hydrogen-bond donors (Lipinski definition) is 0. The van der Waals surface area contributed by atoms with Gasteiger partial charge in [0.25, 0.3) is 0 Å². The van der Waals surface area contributed by atoms with Gasteiger partial charge in [-0.15, -0.1) is 0 Å². The Kier molecular flexibility index (Phi) is 12.3. The Morgan fingerprint density at radius 3 is 1.76 bits per heavy atom. The van der Waals surface area contributed by atoms with Gasteiger partial charge in [0, 0.05) is 19.8 Å². The first kappa shape index (κ1) is 16.9. The van der Waals surface area contributed by atoms with Crippen LogP contribution in [-0.2, 0) is 14.2 Å². The van der Waals surface area contributed by atoms with E-state index < -0.39 is 0 Å². The van der Waals surface area contributed by atoms with Crippen LogP contribution in [0, 0.1) is 0 Å². The van der Waals surface area contributed by atoms with Gasteiger partial charge in [-0.05, 0) is 27.2 Å². The number of hydrogen-bond acceptors (Lipinski definition) is 3. The molecule has 0 saturated carbocycles. The molecule has 0 rings (SSSR count). The van der Waals surface area contributed by atoms with Crippen molar-refractivity contribution in [2.75, 3.05) is 19.8 Å². The lowest BCUT2D eigenvalue weighted by atomic mass is 10.1. The van der Waals surface area contributed by atoms with Crippen molar-refractivity contribution < 1.29 is 14.2 Å². The van der Waals surface area contributed by atoms with Crippen LogP contribution in [0.25, 0.3) is 0 Å². The second-order valence-corrected chi connectivity index (χ2v) is 4.12. The number of unbranched alkanes of at least 4 members (excludes halogenated alkanes) is 3. The van der Waals surface area contributed by atoms with Crippen molar-refractivity contribution in [3.8, 4) is 0 Å². The van der Waals surface area contributed by atoms with Crippen molar-refractivity contribution in [2.24, 2.45) is 0 Å². The van der Waals surface area contributed by atoms with Crippen molar-refractivity contribution in [3.63, 3.8) is 0 Å². The molecule has 0 saturated heterocycles. The molecule has 0 aromatic rings. The molecule has 0 N–H and O–H groups in total. The van der Waals surface area contributed by atoms with E-state index >= 15 is 0 Å². The van der Waals surface area contributed by atoms with Crippen LogP contribution in [0.2, 0.25) is 0 Å². The van der Waals surface area contributed by atoms with E-state index in [9.17, 15) is 0 Å². The molecule has 0 aromatic heterocycles. The van der Waals surface area contributed by atoms with Crippen molar-refractivity contribution in [1.29, 1.82) is 0 Å². The van der Waals surface area contributed by atoms with Crippen LogP contribution in [0.1, 0.15) is 59.8 Å². The lowest BCUT2D eigenvalue weighted by molar-refractivity contribution is -0.203. The van der Waals surface area contributed by atoms with E-state index in [-0.39, 0.29) is 12.4 Å². The van der Waals surface area contributed by atoms with E-state index in [4.69, 9.17) is 14.2 Å². The van der Waals surface area contributed by atoms with E-state index in [1.807, 2.05) is 20.8 Å². The summed E-state index contributed by atoms with van der Waals surface area (Å²) in [5.41, 5.74) is 0. The van der Waals surface area contributed by atoms with Gasteiger partial charge >= 0.3 is 0 Å². The first-order chi connectivity index (χ1) is 8.29. The van der Waals surface area contributed by atoms with E-state index in [1.54, 1.807) is 0 Å². The highest BCUT2D eigenvalue weighted by Crippen LogP contribution is 2.15. The molecular formula is C14H30O3. The first-order valence-electron chi connectivity index (χ1n) is 7.14. The Hall–Kier alpha value is -0.120. The molecule has 0 aliphatic heterocycles. The molecule has 3 nitrogen and oxygen atoms in total. The molecule has 3 heteroatoms. The molecule has 17 heavy (non-hydrogen) atoms. The van der Waals surface area contributed by atoms with E-state index in [1.165, 1.54) is 25.7 Å². The van der Waals surface area contributed by atoms with Gasteiger partial charge in [0.1, 0.15) is 6.10 Å². The Morgan fingerprint density at radius 1 is 0.706 bits per heavy atom. The Bertz CT molecular complexity index is 144. The quantitative estimate of drug-likeness (QED) is 0.387. The van der Waals surface area contributed by atoms with Crippen LogP contribution >= 0.6 is 0 Å². The van der Waals surface area contributed by atoms with Gasteiger partial charge < -0.3 is 14.2 Å². The molecular weight excluding hydrogens is 216 g/mol. The summed E-state index contributed by atoms with van der Waals surface area (Å²) in [4.78, 5) is 0. The van der Waals surface area contributed by atoms with Gasteiger partial charge in [-0.1, -0.05) is 32.6 Å². The topological polar surface area (TPSA) is 27.7 Å². The van der Waals surface area contributed by atoms with Crippen molar-refractivity contribution in [1.82, 2.24) is 0 Å². The zero-order valence-electron chi connectivity index (χ0n) is 12.0. The molecule has 0 spiro atoms. The lowest BCUT2D eigenvalue weighted by Gasteiger charge is -2.26. The molecule has 0 amide bonds. The SMILES string of the molecule is CCCCCCC(OCC)C(OCC)OCC. The van der Waals surface area contributed by atoms with Gasteiger partial charge in [0.15, 0.2) is 6.29 Å². The smallest absolute Gasteiger partial charge is 0.183 e. The van der Waals surface area contributed by atoms with Crippen LogP contribution < -0.4 is 0 Å². The minimum atomic E-state index is -0.202. The summed E-state index contributed by atoms with van der Waals surface area (Å²) in [6.07, 6.45) is 5.92. The fourth-order valence-electron chi connectivity index (χ4n) is 1.88. The summed E-state index contributed by atoms with van der Waals surface area (Å²) in [5, 5.41) is 0. The molecule has 0 fully saturated rings. The maximum atomic E-state index is 5.74. The van der Waals surface area contributed by atoms with Crippen LogP contribution in [0.15, 0.2) is 0 Å². The maximum absolute atomic E-state index is 5.74. The average Bonchev–Trinajstić information content (AvgIpc) is 2.33. The van der Waals surface area contributed by atoms with E-state index in [0.29, 0.717) is 13.2 Å². The summed E-state index contributed by atoms with van der Waals surface area (Å²) in [7, 11) is 0. The van der Waals surface area contributed by atoms with Gasteiger partial charge in [-0.3, -0.25) is 0 Å². The average molecular weight is 246 g/mol. The largest absolute Gasteiger partial charge is 0.373 e.